The van der Waals surface area contributed by atoms with Gasteiger partial charge in [0.05, 0.1) is 6.26 Å². The van der Waals surface area contributed by atoms with Gasteiger partial charge in [-0.3, -0.25) is 4.98 Å². The molecule has 0 saturated heterocycles. The lowest BCUT2D eigenvalue weighted by molar-refractivity contribution is 0.588. The van der Waals surface area contributed by atoms with Crippen LogP contribution >= 0.6 is 0 Å². The summed E-state index contributed by atoms with van der Waals surface area (Å²) in [5, 5.41) is 0. The first-order valence-corrected chi connectivity index (χ1v) is 7.80. The molecule has 0 fully saturated rings. The number of aromatic nitrogens is 1. The van der Waals surface area contributed by atoms with Crippen molar-refractivity contribution in [2.75, 3.05) is 12.8 Å². The SMILES string of the molecule is CC.CC.CS(=O)(=O)NCCc1ccncc1. The summed E-state index contributed by atoms with van der Waals surface area (Å²) < 4.78 is 23.8. The van der Waals surface area contributed by atoms with Gasteiger partial charge in [0.15, 0.2) is 0 Å². The molecule has 0 radical (unpaired) electrons. The molecule has 17 heavy (non-hydrogen) atoms. The lowest BCUT2D eigenvalue weighted by atomic mass is 10.2. The maximum Gasteiger partial charge on any atom is 0.208 e. The van der Waals surface area contributed by atoms with E-state index in [-0.39, 0.29) is 0 Å². The average Bonchev–Trinajstić information content (AvgIpc) is 2.34. The number of pyridine rings is 1. The summed E-state index contributed by atoms with van der Waals surface area (Å²) >= 11 is 0. The van der Waals surface area contributed by atoms with Gasteiger partial charge in [-0.1, -0.05) is 27.7 Å². The minimum atomic E-state index is -3.06. The minimum absolute atomic E-state index is 0.433. The Morgan fingerprint density at radius 1 is 1.12 bits per heavy atom. The third-order valence-electron chi connectivity index (χ3n) is 1.53. The topological polar surface area (TPSA) is 59.1 Å². The quantitative estimate of drug-likeness (QED) is 0.903. The molecule has 0 atom stereocenters. The van der Waals surface area contributed by atoms with Crippen LogP contribution in [0, 0.1) is 0 Å². The van der Waals surface area contributed by atoms with Crippen molar-refractivity contribution in [1.82, 2.24) is 9.71 Å². The van der Waals surface area contributed by atoms with Gasteiger partial charge in [0.2, 0.25) is 10.0 Å². The maximum atomic E-state index is 10.7. The van der Waals surface area contributed by atoms with E-state index >= 15 is 0 Å². The molecule has 0 unspecified atom stereocenters. The van der Waals surface area contributed by atoms with Gasteiger partial charge in [0.1, 0.15) is 0 Å². The zero-order valence-corrected chi connectivity index (χ0v) is 12.2. The molecule has 5 heteroatoms. The van der Waals surface area contributed by atoms with Crippen LogP contribution in [0.25, 0.3) is 0 Å². The summed E-state index contributed by atoms with van der Waals surface area (Å²) in [5.41, 5.74) is 1.08. The zero-order valence-electron chi connectivity index (χ0n) is 11.4. The normalized spacial score (nSPS) is 9.47. The summed E-state index contributed by atoms with van der Waals surface area (Å²) in [6.45, 7) is 8.43. The second kappa shape index (κ2) is 11.5. The molecule has 0 aromatic carbocycles. The molecule has 1 heterocycles. The lowest BCUT2D eigenvalue weighted by Gasteiger charge is -2.01. The fourth-order valence-corrected chi connectivity index (χ4v) is 1.40. The van der Waals surface area contributed by atoms with Crippen molar-refractivity contribution in [3.63, 3.8) is 0 Å². The molecule has 1 rings (SSSR count). The van der Waals surface area contributed by atoms with Crippen LogP contribution in [-0.2, 0) is 16.4 Å². The Morgan fingerprint density at radius 3 is 2.00 bits per heavy atom. The van der Waals surface area contributed by atoms with Gasteiger partial charge >= 0.3 is 0 Å². The molecule has 1 N–H and O–H groups in total. The van der Waals surface area contributed by atoms with Gasteiger partial charge in [-0.25, -0.2) is 13.1 Å². The first-order valence-electron chi connectivity index (χ1n) is 5.91. The van der Waals surface area contributed by atoms with Crippen molar-refractivity contribution in [3.05, 3.63) is 30.1 Å². The number of hydrogen-bond donors (Lipinski definition) is 1. The highest BCUT2D eigenvalue weighted by Gasteiger charge is 1.98. The number of hydrogen-bond acceptors (Lipinski definition) is 3. The molecule has 0 aliphatic heterocycles. The Bertz CT molecular complexity index is 350. The highest BCUT2D eigenvalue weighted by molar-refractivity contribution is 7.88. The Hall–Kier alpha value is -0.940. The van der Waals surface area contributed by atoms with Crippen LogP contribution in [0.3, 0.4) is 0 Å². The summed E-state index contributed by atoms with van der Waals surface area (Å²) in [4.78, 5) is 3.86. The first kappa shape index (κ1) is 18.4. The van der Waals surface area contributed by atoms with Gasteiger partial charge in [-0.2, -0.15) is 0 Å². The van der Waals surface area contributed by atoms with E-state index in [1.807, 2.05) is 39.8 Å². The summed E-state index contributed by atoms with van der Waals surface area (Å²) in [6.07, 6.45) is 5.22. The molecule has 1 aromatic heterocycles. The molecule has 0 amide bonds. The van der Waals surface area contributed by atoms with Crippen LogP contribution in [0.1, 0.15) is 33.3 Å². The fraction of sp³-hybridized carbons (Fsp3) is 0.583. The van der Waals surface area contributed by atoms with E-state index in [1.54, 1.807) is 12.4 Å². The molecule has 0 aliphatic carbocycles. The zero-order chi connectivity index (χ0) is 13.7. The Labute approximate surface area is 106 Å². The predicted molar refractivity (Wildman–Crippen MR) is 73.5 cm³/mol. The van der Waals surface area contributed by atoms with E-state index in [4.69, 9.17) is 0 Å². The van der Waals surface area contributed by atoms with Crippen LogP contribution in [0.15, 0.2) is 24.5 Å². The second-order valence-corrected chi connectivity index (χ2v) is 4.60. The van der Waals surface area contributed by atoms with Crippen molar-refractivity contribution in [2.45, 2.75) is 34.1 Å². The third-order valence-corrected chi connectivity index (χ3v) is 2.26. The summed E-state index contributed by atoms with van der Waals surface area (Å²) in [6, 6.07) is 3.73. The van der Waals surface area contributed by atoms with Crippen LogP contribution in [-0.4, -0.2) is 26.2 Å². The third kappa shape index (κ3) is 13.0. The second-order valence-electron chi connectivity index (χ2n) is 2.77. The van der Waals surface area contributed by atoms with Crippen LogP contribution in [0.2, 0.25) is 0 Å². The van der Waals surface area contributed by atoms with E-state index in [0.29, 0.717) is 13.0 Å². The summed E-state index contributed by atoms with van der Waals surface area (Å²) in [7, 11) is -3.06. The van der Waals surface area contributed by atoms with Crippen molar-refractivity contribution < 1.29 is 8.42 Å². The molecule has 0 saturated carbocycles. The maximum absolute atomic E-state index is 10.7. The Kier molecular flexibility index (Phi) is 12.5. The van der Waals surface area contributed by atoms with E-state index < -0.39 is 10.0 Å². The highest BCUT2D eigenvalue weighted by atomic mass is 32.2. The molecular weight excluding hydrogens is 236 g/mol. The number of sulfonamides is 1. The first-order chi connectivity index (χ1) is 8.08. The number of rotatable bonds is 4. The molecule has 0 aliphatic rings. The van der Waals surface area contributed by atoms with E-state index in [9.17, 15) is 8.42 Å². The largest absolute Gasteiger partial charge is 0.265 e. The Balaban J connectivity index is 0. The Morgan fingerprint density at radius 2 is 1.59 bits per heavy atom. The van der Waals surface area contributed by atoms with Crippen molar-refractivity contribution in [3.8, 4) is 0 Å². The lowest BCUT2D eigenvalue weighted by Crippen LogP contribution is -2.24. The van der Waals surface area contributed by atoms with Crippen LogP contribution < -0.4 is 4.72 Å². The minimum Gasteiger partial charge on any atom is -0.265 e. The van der Waals surface area contributed by atoms with Crippen LogP contribution in [0.4, 0.5) is 0 Å². The van der Waals surface area contributed by atoms with E-state index in [2.05, 4.69) is 9.71 Å². The van der Waals surface area contributed by atoms with Crippen molar-refractivity contribution >= 4 is 10.0 Å². The molecule has 4 nitrogen and oxygen atoms in total. The van der Waals surface area contributed by atoms with Crippen molar-refractivity contribution in [1.29, 1.82) is 0 Å². The average molecular weight is 260 g/mol. The summed E-state index contributed by atoms with van der Waals surface area (Å²) in [5.74, 6) is 0. The van der Waals surface area contributed by atoms with Gasteiger partial charge in [0, 0.05) is 18.9 Å². The van der Waals surface area contributed by atoms with Gasteiger partial charge in [0.25, 0.3) is 0 Å². The van der Waals surface area contributed by atoms with Gasteiger partial charge in [-0.05, 0) is 24.1 Å². The van der Waals surface area contributed by atoms with Gasteiger partial charge in [-0.15, -0.1) is 0 Å². The van der Waals surface area contributed by atoms with Crippen molar-refractivity contribution in [2.24, 2.45) is 0 Å². The molecule has 0 bridgehead atoms. The molecule has 0 spiro atoms. The number of nitrogens with one attached hydrogen (secondary N) is 1. The van der Waals surface area contributed by atoms with Gasteiger partial charge < -0.3 is 0 Å². The van der Waals surface area contributed by atoms with E-state index in [0.717, 1.165) is 11.8 Å². The molecule has 100 valence electrons. The molecular formula is C12H24N2O2S. The smallest absolute Gasteiger partial charge is 0.208 e. The fourth-order valence-electron chi connectivity index (χ4n) is 0.930. The standard InChI is InChI=1S/C8H12N2O2S.2C2H6/c1-13(11,12)10-7-4-8-2-5-9-6-3-8;2*1-2/h2-3,5-6,10H,4,7H2,1H3;2*1-2H3. The number of nitrogens with zero attached hydrogens (tertiary/aromatic N) is 1. The highest BCUT2D eigenvalue weighted by Crippen LogP contribution is 1.95. The van der Waals surface area contributed by atoms with E-state index in [1.165, 1.54) is 0 Å². The van der Waals surface area contributed by atoms with Crippen LogP contribution in [0.5, 0.6) is 0 Å². The monoisotopic (exact) mass is 260 g/mol. The predicted octanol–water partition coefficient (Wildman–Crippen LogP) is 2.23. The molecule has 1 aromatic rings.